The Hall–Kier alpha value is -2.82. The van der Waals surface area contributed by atoms with Crippen molar-refractivity contribution < 1.29 is 36.6 Å². The van der Waals surface area contributed by atoms with Crippen molar-refractivity contribution in [2.45, 2.75) is 4.90 Å². The Kier molecular flexibility index (Phi) is 6.80. The maximum absolute atomic E-state index is 13.7. The number of nitrogens with zero attached hydrogens (tertiary/aromatic N) is 1. The Balaban J connectivity index is 1.79. The van der Waals surface area contributed by atoms with Gasteiger partial charge in [-0.2, -0.15) is 4.31 Å². The van der Waals surface area contributed by atoms with E-state index in [1.54, 1.807) is 0 Å². The van der Waals surface area contributed by atoms with E-state index in [9.17, 15) is 22.4 Å². The number of ketones is 1. The Morgan fingerprint density at radius 2 is 1.83 bits per heavy atom. The summed E-state index contributed by atoms with van der Waals surface area (Å²) in [5.41, 5.74) is -0.278. The van der Waals surface area contributed by atoms with Crippen molar-refractivity contribution in [1.82, 2.24) is 4.31 Å². The van der Waals surface area contributed by atoms with Gasteiger partial charge in [-0.1, -0.05) is 12.1 Å². The first-order valence-electron chi connectivity index (χ1n) is 9.05. The summed E-state index contributed by atoms with van der Waals surface area (Å²) in [7, 11) is -2.62. The molecule has 160 valence electrons. The lowest BCUT2D eigenvalue weighted by Crippen LogP contribution is -2.40. The van der Waals surface area contributed by atoms with Gasteiger partial charge in [0.15, 0.2) is 6.61 Å². The van der Waals surface area contributed by atoms with Crippen LogP contribution in [-0.2, 0) is 19.5 Å². The number of halogens is 1. The number of esters is 1. The van der Waals surface area contributed by atoms with Crippen LogP contribution in [0, 0.1) is 5.82 Å². The van der Waals surface area contributed by atoms with Crippen molar-refractivity contribution in [2.75, 3.05) is 40.0 Å². The SMILES string of the molecule is COc1ccc(C(=O)OCC(=O)c2ccccc2F)cc1S(=O)(=O)N1CCOCC1. The molecule has 0 spiro atoms. The summed E-state index contributed by atoms with van der Waals surface area (Å²) in [4.78, 5) is 24.3. The Morgan fingerprint density at radius 3 is 2.50 bits per heavy atom. The van der Waals surface area contributed by atoms with E-state index in [2.05, 4.69) is 0 Å². The summed E-state index contributed by atoms with van der Waals surface area (Å²) in [6, 6.07) is 9.14. The topological polar surface area (TPSA) is 99.2 Å². The van der Waals surface area contributed by atoms with Crippen molar-refractivity contribution in [2.24, 2.45) is 0 Å². The molecule has 0 atom stereocenters. The van der Waals surface area contributed by atoms with Crippen LogP contribution in [0.1, 0.15) is 20.7 Å². The van der Waals surface area contributed by atoms with Crippen LogP contribution in [0.25, 0.3) is 0 Å². The van der Waals surface area contributed by atoms with Crippen LogP contribution in [0.3, 0.4) is 0 Å². The van der Waals surface area contributed by atoms with E-state index in [1.807, 2.05) is 0 Å². The van der Waals surface area contributed by atoms with Crippen LogP contribution in [0.5, 0.6) is 5.75 Å². The van der Waals surface area contributed by atoms with Crippen molar-refractivity contribution in [3.63, 3.8) is 0 Å². The molecule has 0 saturated carbocycles. The average molecular weight is 437 g/mol. The summed E-state index contributed by atoms with van der Waals surface area (Å²) >= 11 is 0. The molecular formula is C20H20FNO7S. The van der Waals surface area contributed by atoms with Gasteiger partial charge in [0, 0.05) is 13.1 Å². The molecule has 1 fully saturated rings. The molecule has 0 amide bonds. The first kappa shape index (κ1) is 21.9. The third-order valence-corrected chi connectivity index (χ3v) is 6.42. The Bertz CT molecular complexity index is 1050. The molecule has 8 nitrogen and oxygen atoms in total. The number of Topliss-reactive ketones (excluding diaryl/α,β-unsaturated/α-hetero) is 1. The lowest BCUT2D eigenvalue weighted by molar-refractivity contribution is 0.0473. The summed E-state index contributed by atoms with van der Waals surface area (Å²) in [6.45, 7) is 0.203. The lowest BCUT2D eigenvalue weighted by atomic mass is 10.1. The highest BCUT2D eigenvalue weighted by Gasteiger charge is 2.30. The van der Waals surface area contributed by atoms with Crippen molar-refractivity contribution >= 4 is 21.8 Å². The van der Waals surface area contributed by atoms with Crippen LogP contribution < -0.4 is 4.74 Å². The van der Waals surface area contributed by atoms with Crippen LogP contribution in [-0.4, -0.2) is 64.5 Å². The van der Waals surface area contributed by atoms with E-state index in [0.717, 1.165) is 12.1 Å². The number of carbonyl (C=O) groups is 2. The summed E-state index contributed by atoms with van der Waals surface area (Å²) < 4.78 is 56.1. The van der Waals surface area contributed by atoms with Crippen molar-refractivity contribution in [3.8, 4) is 5.75 Å². The first-order chi connectivity index (χ1) is 14.3. The van der Waals surface area contributed by atoms with Crippen LogP contribution in [0.2, 0.25) is 0 Å². The maximum atomic E-state index is 13.7. The summed E-state index contributed by atoms with van der Waals surface area (Å²) in [6.07, 6.45) is 0. The van der Waals surface area contributed by atoms with Gasteiger partial charge < -0.3 is 14.2 Å². The minimum absolute atomic E-state index is 0.0699. The van der Waals surface area contributed by atoms with Crippen LogP contribution >= 0.6 is 0 Å². The molecule has 1 aliphatic heterocycles. The smallest absolute Gasteiger partial charge is 0.338 e. The van der Waals surface area contributed by atoms with Gasteiger partial charge in [-0.15, -0.1) is 0 Å². The fourth-order valence-corrected chi connectivity index (χ4v) is 4.50. The second-order valence-corrected chi connectivity index (χ2v) is 8.27. The quantitative estimate of drug-likeness (QED) is 0.482. The van der Waals surface area contributed by atoms with Gasteiger partial charge in [-0.25, -0.2) is 17.6 Å². The number of sulfonamides is 1. The maximum Gasteiger partial charge on any atom is 0.338 e. The number of methoxy groups -OCH3 is 1. The summed E-state index contributed by atoms with van der Waals surface area (Å²) in [5, 5.41) is 0. The highest BCUT2D eigenvalue weighted by atomic mass is 32.2. The standard InChI is InChI=1S/C20H20FNO7S/c1-27-18-7-6-14(12-19(18)30(25,26)22-8-10-28-11-9-22)20(24)29-13-17(23)15-4-2-3-5-16(15)21/h2-7,12H,8-11,13H2,1H3. The van der Waals surface area contributed by atoms with Gasteiger partial charge in [-0.3, -0.25) is 4.79 Å². The molecule has 1 aliphatic rings. The molecule has 0 aromatic heterocycles. The average Bonchev–Trinajstić information content (AvgIpc) is 2.77. The molecule has 0 N–H and O–H groups in total. The number of ether oxygens (including phenoxy) is 3. The zero-order chi connectivity index (χ0) is 21.7. The fourth-order valence-electron chi connectivity index (χ4n) is 2.91. The zero-order valence-electron chi connectivity index (χ0n) is 16.2. The van der Waals surface area contributed by atoms with Gasteiger partial charge in [0.1, 0.15) is 16.5 Å². The van der Waals surface area contributed by atoms with Gasteiger partial charge in [-0.05, 0) is 30.3 Å². The zero-order valence-corrected chi connectivity index (χ0v) is 17.0. The molecule has 30 heavy (non-hydrogen) atoms. The number of carbonyl (C=O) groups excluding carboxylic acids is 2. The Morgan fingerprint density at radius 1 is 1.13 bits per heavy atom. The predicted molar refractivity (Wildman–Crippen MR) is 104 cm³/mol. The first-order valence-corrected chi connectivity index (χ1v) is 10.5. The van der Waals surface area contributed by atoms with E-state index in [4.69, 9.17) is 14.2 Å². The molecule has 1 heterocycles. The molecule has 0 unspecified atom stereocenters. The minimum Gasteiger partial charge on any atom is -0.495 e. The molecule has 2 aromatic rings. The lowest BCUT2D eigenvalue weighted by Gasteiger charge is -2.26. The van der Waals surface area contributed by atoms with Crippen molar-refractivity contribution in [3.05, 3.63) is 59.4 Å². The van der Waals surface area contributed by atoms with E-state index in [0.29, 0.717) is 0 Å². The van der Waals surface area contributed by atoms with E-state index < -0.39 is 34.2 Å². The molecule has 1 saturated heterocycles. The predicted octanol–water partition coefficient (Wildman–Crippen LogP) is 1.89. The second kappa shape index (κ2) is 9.33. The molecule has 0 bridgehead atoms. The van der Waals surface area contributed by atoms with Gasteiger partial charge in [0.2, 0.25) is 15.8 Å². The number of morpholine rings is 1. The monoisotopic (exact) mass is 437 g/mol. The van der Waals surface area contributed by atoms with Crippen molar-refractivity contribution in [1.29, 1.82) is 0 Å². The van der Waals surface area contributed by atoms with E-state index >= 15 is 0 Å². The van der Waals surface area contributed by atoms with Gasteiger partial charge in [0.25, 0.3) is 0 Å². The summed E-state index contributed by atoms with van der Waals surface area (Å²) in [5.74, 6) is -2.28. The molecule has 3 rings (SSSR count). The molecule has 2 aromatic carbocycles. The minimum atomic E-state index is -3.94. The molecule has 0 aliphatic carbocycles. The van der Waals surface area contributed by atoms with E-state index in [1.165, 1.54) is 41.7 Å². The normalized spacial score (nSPS) is 14.9. The van der Waals surface area contributed by atoms with E-state index in [-0.39, 0.29) is 48.1 Å². The number of hydrogen-bond donors (Lipinski definition) is 0. The molecule has 0 radical (unpaired) electrons. The number of hydrogen-bond acceptors (Lipinski definition) is 7. The highest BCUT2D eigenvalue weighted by molar-refractivity contribution is 7.89. The number of benzene rings is 2. The third kappa shape index (κ3) is 4.66. The molecule has 10 heteroatoms. The fraction of sp³-hybridized carbons (Fsp3) is 0.300. The van der Waals surface area contributed by atoms with Gasteiger partial charge in [0.05, 0.1) is 31.5 Å². The van der Waals surface area contributed by atoms with Crippen LogP contribution in [0.4, 0.5) is 4.39 Å². The van der Waals surface area contributed by atoms with Crippen LogP contribution in [0.15, 0.2) is 47.4 Å². The highest BCUT2D eigenvalue weighted by Crippen LogP contribution is 2.28. The second-order valence-electron chi connectivity index (χ2n) is 6.36. The van der Waals surface area contributed by atoms with Gasteiger partial charge >= 0.3 is 5.97 Å². The molecular weight excluding hydrogens is 417 g/mol. The third-order valence-electron chi connectivity index (χ3n) is 4.50. The Labute approximate surface area is 173 Å². The number of rotatable bonds is 7. The largest absolute Gasteiger partial charge is 0.495 e.